The molecule has 1 amide bonds. The molecule has 184 valence electrons. The van der Waals surface area contributed by atoms with Gasteiger partial charge < -0.3 is 9.84 Å². The molecule has 2 aromatic rings. The number of rotatable bonds is 8. The normalized spacial score (nSPS) is 18.0. The van der Waals surface area contributed by atoms with Crippen LogP contribution in [0.15, 0.2) is 23.6 Å². The second kappa shape index (κ2) is 10.2. The van der Waals surface area contributed by atoms with Gasteiger partial charge in [0.1, 0.15) is 0 Å². The summed E-state index contributed by atoms with van der Waals surface area (Å²) in [6, 6.07) is 2.95. The van der Waals surface area contributed by atoms with E-state index in [1.807, 2.05) is 0 Å². The summed E-state index contributed by atoms with van der Waals surface area (Å²) in [7, 11) is 0. The number of aromatic nitrogens is 1. The van der Waals surface area contributed by atoms with Gasteiger partial charge in [-0.1, -0.05) is 11.6 Å². The lowest BCUT2D eigenvalue weighted by Crippen LogP contribution is -2.40. The Morgan fingerprint density at radius 2 is 1.94 bits per heavy atom. The first-order chi connectivity index (χ1) is 16.1. The highest BCUT2D eigenvalue weighted by Crippen LogP contribution is 2.41. The average molecular weight is 517 g/mol. The lowest BCUT2D eigenvalue weighted by atomic mass is 9.86. The van der Waals surface area contributed by atoms with Crippen molar-refractivity contribution >= 4 is 39.9 Å². The highest BCUT2D eigenvalue weighted by molar-refractivity contribution is 7.14. The number of carboxylic acid groups (broad SMARTS) is 1. The minimum Gasteiger partial charge on any atom is -0.481 e. The molecule has 6 nitrogen and oxygen atoms in total. The molecule has 0 spiro atoms. The first kappa shape index (κ1) is 24.9. The van der Waals surface area contributed by atoms with Gasteiger partial charge in [-0.2, -0.15) is 13.2 Å². The number of alkyl halides is 3. The number of benzene rings is 1. The number of nitrogens with zero attached hydrogens (tertiary/aromatic N) is 2. The zero-order valence-corrected chi connectivity index (χ0v) is 19.8. The first-order valence-corrected chi connectivity index (χ1v) is 12.3. The molecule has 2 fully saturated rings. The molecule has 1 aliphatic carbocycles. The number of hydrogen-bond donors (Lipinski definition) is 1. The maximum absolute atomic E-state index is 13.6. The van der Waals surface area contributed by atoms with E-state index in [1.54, 1.807) is 10.3 Å². The number of carbonyl (C=O) groups is 2. The number of thiazole rings is 1. The molecule has 1 saturated carbocycles. The molecular weight excluding hydrogens is 493 g/mol. The molecular formula is C23H24ClF3N2O4S. The molecule has 2 heterocycles. The monoisotopic (exact) mass is 516 g/mol. The standard InChI is InChI=1S/C23H24ClF3N2O4S/c24-18-4-1-15(23(25,26)27)11-17(18)19-12-34-22(28-19)29(16-2-3-16)21(32)14(10-20(30)31)9-13-5-7-33-8-6-13/h1,4,11-14,16H,2-3,5-10H2,(H,30,31)/t14-/m1/s1. The van der Waals surface area contributed by atoms with E-state index in [-0.39, 0.29) is 40.6 Å². The minimum absolute atomic E-state index is 0.0885. The minimum atomic E-state index is -4.53. The third-order valence-corrected chi connectivity index (χ3v) is 7.32. The van der Waals surface area contributed by atoms with Crippen LogP contribution in [0, 0.1) is 11.8 Å². The van der Waals surface area contributed by atoms with Gasteiger partial charge in [0.05, 0.1) is 22.7 Å². The fourth-order valence-electron chi connectivity index (χ4n) is 4.22. The predicted molar refractivity (Wildman–Crippen MR) is 122 cm³/mol. The number of hydrogen-bond acceptors (Lipinski definition) is 5. The quantitative estimate of drug-likeness (QED) is 0.473. The van der Waals surface area contributed by atoms with E-state index in [2.05, 4.69) is 4.98 Å². The number of amides is 1. The summed E-state index contributed by atoms with van der Waals surface area (Å²) < 4.78 is 44.9. The number of halogens is 4. The Bertz CT molecular complexity index is 1050. The zero-order valence-electron chi connectivity index (χ0n) is 18.2. The van der Waals surface area contributed by atoms with Crippen molar-refractivity contribution in [3.8, 4) is 11.3 Å². The lowest BCUT2D eigenvalue weighted by molar-refractivity contribution is -0.141. The van der Waals surface area contributed by atoms with Crippen LogP contribution < -0.4 is 4.90 Å². The van der Waals surface area contributed by atoms with Gasteiger partial charge in [0.25, 0.3) is 0 Å². The van der Waals surface area contributed by atoms with Gasteiger partial charge in [0.2, 0.25) is 5.91 Å². The third-order valence-electron chi connectivity index (χ3n) is 6.15. The smallest absolute Gasteiger partial charge is 0.416 e. The fraction of sp³-hybridized carbons (Fsp3) is 0.522. The summed E-state index contributed by atoms with van der Waals surface area (Å²) in [6.45, 7) is 1.19. The number of ether oxygens (including phenoxy) is 1. The van der Waals surface area contributed by atoms with E-state index in [9.17, 15) is 27.9 Å². The van der Waals surface area contributed by atoms with Gasteiger partial charge in [0, 0.05) is 36.1 Å². The molecule has 1 aliphatic heterocycles. The SMILES string of the molecule is O=C(O)C[C@@H](CC1CCOCC1)C(=O)N(c1nc(-c2cc(C(F)(F)F)ccc2Cl)cs1)C1CC1. The molecule has 4 rings (SSSR count). The van der Waals surface area contributed by atoms with Crippen molar-refractivity contribution in [2.75, 3.05) is 18.1 Å². The summed E-state index contributed by atoms with van der Waals surface area (Å²) in [5.41, 5.74) is -0.463. The molecule has 1 saturated heterocycles. The first-order valence-electron chi connectivity index (χ1n) is 11.1. The highest BCUT2D eigenvalue weighted by Gasteiger charge is 2.40. The maximum Gasteiger partial charge on any atom is 0.416 e. The predicted octanol–water partition coefficient (Wildman–Crippen LogP) is 5.89. The van der Waals surface area contributed by atoms with Crippen LogP contribution in [-0.2, 0) is 20.5 Å². The molecule has 1 N–H and O–H groups in total. The van der Waals surface area contributed by atoms with Crippen LogP contribution in [0.4, 0.5) is 18.3 Å². The molecule has 34 heavy (non-hydrogen) atoms. The van der Waals surface area contributed by atoms with Gasteiger partial charge in [0.15, 0.2) is 5.13 Å². The van der Waals surface area contributed by atoms with Crippen molar-refractivity contribution in [1.82, 2.24) is 4.98 Å². The second-order valence-electron chi connectivity index (χ2n) is 8.73. The fourth-order valence-corrected chi connectivity index (χ4v) is 5.34. The van der Waals surface area contributed by atoms with Crippen LogP contribution in [0.3, 0.4) is 0 Å². The average Bonchev–Trinajstić information content (AvgIpc) is 3.49. The van der Waals surface area contributed by atoms with E-state index in [0.29, 0.717) is 24.8 Å². The molecule has 11 heteroatoms. The Hall–Kier alpha value is -2.17. The van der Waals surface area contributed by atoms with Gasteiger partial charge >= 0.3 is 12.1 Å². The van der Waals surface area contributed by atoms with Gasteiger partial charge in [-0.25, -0.2) is 4.98 Å². The Kier molecular flexibility index (Phi) is 7.49. The van der Waals surface area contributed by atoms with E-state index in [4.69, 9.17) is 16.3 Å². The highest BCUT2D eigenvalue weighted by atomic mass is 35.5. The topological polar surface area (TPSA) is 79.7 Å². The van der Waals surface area contributed by atoms with E-state index in [1.165, 1.54) is 6.07 Å². The van der Waals surface area contributed by atoms with Crippen molar-refractivity contribution in [1.29, 1.82) is 0 Å². The van der Waals surface area contributed by atoms with Crippen LogP contribution in [0.5, 0.6) is 0 Å². The molecule has 1 atom stereocenters. The number of carbonyl (C=O) groups excluding carboxylic acids is 1. The third kappa shape index (κ3) is 5.90. The summed E-state index contributed by atoms with van der Waals surface area (Å²) in [4.78, 5) is 31.1. The van der Waals surface area contributed by atoms with Crippen molar-refractivity contribution in [3.63, 3.8) is 0 Å². The van der Waals surface area contributed by atoms with Gasteiger partial charge in [-0.3, -0.25) is 14.5 Å². The Balaban J connectivity index is 1.60. The number of carboxylic acids is 1. The van der Waals surface area contributed by atoms with Crippen LogP contribution in [0.25, 0.3) is 11.3 Å². The molecule has 1 aromatic carbocycles. The molecule has 0 radical (unpaired) electrons. The molecule has 0 bridgehead atoms. The summed E-state index contributed by atoms with van der Waals surface area (Å²) in [5.74, 6) is -1.84. The maximum atomic E-state index is 13.6. The number of anilines is 1. The summed E-state index contributed by atoms with van der Waals surface area (Å²) in [6.07, 6.45) is -1.26. The van der Waals surface area contributed by atoms with Crippen molar-refractivity contribution in [3.05, 3.63) is 34.2 Å². The molecule has 2 aliphatic rings. The van der Waals surface area contributed by atoms with E-state index >= 15 is 0 Å². The molecule has 0 unspecified atom stereocenters. The van der Waals surface area contributed by atoms with E-state index in [0.717, 1.165) is 49.2 Å². The Morgan fingerprint density at radius 3 is 2.56 bits per heavy atom. The van der Waals surface area contributed by atoms with Gasteiger partial charge in [-0.05, 0) is 56.2 Å². The summed E-state index contributed by atoms with van der Waals surface area (Å²) in [5, 5.41) is 11.5. The number of aliphatic carboxylic acids is 1. The van der Waals surface area contributed by atoms with Crippen LogP contribution in [0.2, 0.25) is 5.02 Å². The Labute approximate surface area is 203 Å². The van der Waals surface area contributed by atoms with Crippen molar-refractivity contribution in [2.24, 2.45) is 11.8 Å². The Morgan fingerprint density at radius 1 is 1.24 bits per heavy atom. The van der Waals surface area contributed by atoms with Crippen LogP contribution >= 0.6 is 22.9 Å². The van der Waals surface area contributed by atoms with Crippen molar-refractivity contribution in [2.45, 2.75) is 50.7 Å². The lowest BCUT2D eigenvalue weighted by Gasteiger charge is -2.29. The van der Waals surface area contributed by atoms with Gasteiger partial charge in [-0.15, -0.1) is 11.3 Å². The zero-order chi connectivity index (χ0) is 24.5. The van der Waals surface area contributed by atoms with Crippen molar-refractivity contribution < 1.29 is 32.6 Å². The molecule has 1 aromatic heterocycles. The summed E-state index contributed by atoms with van der Waals surface area (Å²) >= 11 is 7.30. The largest absolute Gasteiger partial charge is 0.481 e. The second-order valence-corrected chi connectivity index (χ2v) is 9.98. The van der Waals surface area contributed by atoms with Crippen LogP contribution in [0.1, 0.15) is 44.1 Å². The van der Waals surface area contributed by atoms with E-state index < -0.39 is 23.6 Å². The van der Waals surface area contributed by atoms with Crippen LogP contribution in [-0.4, -0.2) is 41.2 Å².